The van der Waals surface area contributed by atoms with Crippen LogP contribution in [0.2, 0.25) is 0 Å². The maximum absolute atomic E-state index is 11.8. The van der Waals surface area contributed by atoms with Gasteiger partial charge in [-0.3, -0.25) is 4.68 Å². The van der Waals surface area contributed by atoms with Gasteiger partial charge in [0.1, 0.15) is 10.6 Å². The molecule has 0 atom stereocenters. The predicted molar refractivity (Wildman–Crippen MR) is 70.2 cm³/mol. The van der Waals surface area contributed by atoms with E-state index in [1.165, 1.54) is 17.1 Å². The first kappa shape index (κ1) is 12.4. The zero-order valence-electron chi connectivity index (χ0n) is 8.87. The summed E-state index contributed by atoms with van der Waals surface area (Å²) in [6.45, 7) is 0. The fourth-order valence-electron chi connectivity index (χ4n) is 1.19. The van der Waals surface area contributed by atoms with Crippen molar-refractivity contribution in [1.29, 1.82) is 0 Å². The van der Waals surface area contributed by atoms with Crippen molar-refractivity contribution in [2.75, 3.05) is 0 Å². The van der Waals surface area contributed by atoms with Gasteiger partial charge in [-0.05, 0) is 46.9 Å². The standard InChI is InChI=1S/C10H9IN2O3S/c1-13-7-10(6-12-13)17(14,15)16-9-4-2-8(11)3-5-9/h2-7H,1H3. The molecule has 2 aromatic rings. The largest absolute Gasteiger partial charge is 0.379 e. The van der Waals surface area contributed by atoms with Gasteiger partial charge < -0.3 is 4.18 Å². The molecule has 2 rings (SSSR count). The number of aromatic nitrogens is 2. The minimum Gasteiger partial charge on any atom is -0.379 e. The summed E-state index contributed by atoms with van der Waals surface area (Å²) in [5.74, 6) is 0.286. The van der Waals surface area contributed by atoms with E-state index in [4.69, 9.17) is 4.18 Å². The van der Waals surface area contributed by atoms with Crippen LogP contribution >= 0.6 is 22.6 Å². The molecule has 0 aliphatic heterocycles. The Morgan fingerprint density at radius 3 is 2.47 bits per heavy atom. The lowest BCUT2D eigenvalue weighted by Crippen LogP contribution is -2.08. The maximum Gasteiger partial charge on any atom is 0.342 e. The Balaban J connectivity index is 2.26. The van der Waals surface area contributed by atoms with Gasteiger partial charge >= 0.3 is 10.1 Å². The third-order valence-electron chi connectivity index (χ3n) is 1.99. The van der Waals surface area contributed by atoms with Crippen LogP contribution in [0.4, 0.5) is 0 Å². The molecule has 0 N–H and O–H groups in total. The minimum atomic E-state index is -3.79. The van der Waals surface area contributed by atoms with Crippen LogP contribution in [-0.4, -0.2) is 18.2 Å². The van der Waals surface area contributed by atoms with E-state index in [0.717, 1.165) is 3.57 Å². The van der Waals surface area contributed by atoms with Crippen molar-refractivity contribution in [3.05, 3.63) is 40.2 Å². The summed E-state index contributed by atoms with van der Waals surface area (Å²) in [5, 5.41) is 3.79. The molecule has 17 heavy (non-hydrogen) atoms. The first-order chi connectivity index (χ1) is 7.97. The maximum atomic E-state index is 11.8. The summed E-state index contributed by atoms with van der Waals surface area (Å²) in [5.41, 5.74) is 0. The molecule has 0 radical (unpaired) electrons. The van der Waals surface area contributed by atoms with Gasteiger partial charge in [-0.2, -0.15) is 13.5 Å². The second kappa shape index (κ2) is 4.65. The lowest BCUT2D eigenvalue weighted by Gasteiger charge is -2.04. The average molecular weight is 364 g/mol. The first-order valence-corrected chi connectivity index (χ1v) is 7.15. The third kappa shape index (κ3) is 2.97. The Labute approximate surface area is 113 Å². The van der Waals surface area contributed by atoms with Crippen molar-refractivity contribution in [2.24, 2.45) is 7.05 Å². The van der Waals surface area contributed by atoms with Crippen LogP contribution in [0.15, 0.2) is 41.6 Å². The number of hydrogen-bond acceptors (Lipinski definition) is 4. The molecule has 7 heteroatoms. The molecule has 1 heterocycles. The number of halogens is 1. The summed E-state index contributed by atoms with van der Waals surface area (Å²) >= 11 is 2.13. The monoisotopic (exact) mass is 364 g/mol. The van der Waals surface area contributed by atoms with Crippen molar-refractivity contribution in [1.82, 2.24) is 9.78 Å². The van der Waals surface area contributed by atoms with Crippen LogP contribution in [0.5, 0.6) is 5.75 Å². The van der Waals surface area contributed by atoms with Crippen molar-refractivity contribution in [2.45, 2.75) is 4.90 Å². The second-order valence-corrected chi connectivity index (χ2v) is 6.13. The molecule has 0 aliphatic rings. The smallest absolute Gasteiger partial charge is 0.342 e. The summed E-state index contributed by atoms with van der Waals surface area (Å²) < 4.78 is 31.0. The van der Waals surface area contributed by atoms with Gasteiger partial charge in [0.25, 0.3) is 0 Å². The highest BCUT2D eigenvalue weighted by molar-refractivity contribution is 14.1. The number of aryl methyl sites for hydroxylation is 1. The lowest BCUT2D eigenvalue weighted by molar-refractivity contribution is 0.486. The number of benzene rings is 1. The van der Waals surface area contributed by atoms with Crippen molar-refractivity contribution in [3.8, 4) is 5.75 Å². The van der Waals surface area contributed by atoms with Crippen LogP contribution in [0.25, 0.3) is 0 Å². The Kier molecular flexibility index (Phi) is 3.38. The molecule has 0 unspecified atom stereocenters. The summed E-state index contributed by atoms with van der Waals surface area (Å²) in [6, 6.07) is 6.76. The second-order valence-electron chi connectivity index (χ2n) is 3.34. The van der Waals surface area contributed by atoms with Crippen LogP contribution in [0, 0.1) is 3.57 Å². The third-order valence-corrected chi connectivity index (χ3v) is 3.91. The van der Waals surface area contributed by atoms with E-state index in [1.54, 1.807) is 31.3 Å². The van der Waals surface area contributed by atoms with Crippen LogP contribution in [0.3, 0.4) is 0 Å². The van der Waals surface area contributed by atoms with E-state index >= 15 is 0 Å². The van der Waals surface area contributed by atoms with E-state index < -0.39 is 10.1 Å². The number of nitrogens with zero attached hydrogens (tertiary/aromatic N) is 2. The van der Waals surface area contributed by atoms with Gasteiger partial charge in [0, 0.05) is 16.8 Å². The Morgan fingerprint density at radius 2 is 1.94 bits per heavy atom. The first-order valence-electron chi connectivity index (χ1n) is 4.66. The predicted octanol–water partition coefficient (Wildman–Crippen LogP) is 1.79. The van der Waals surface area contributed by atoms with Crippen molar-refractivity contribution < 1.29 is 12.6 Å². The van der Waals surface area contributed by atoms with E-state index in [1.807, 2.05) is 0 Å². The topological polar surface area (TPSA) is 61.2 Å². The summed E-state index contributed by atoms with van der Waals surface area (Å²) in [4.78, 5) is 0.0403. The van der Waals surface area contributed by atoms with E-state index in [0.29, 0.717) is 0 Å². The fraction of sp³-hybridized carbons (Fsp3) is 0.100. The molecule has 5 nitrogen and oxygen atoms in total. The highest BCUT2D eigenvalue weighted by Crippen LogP contribution is 2.19. The van der Waals surface area contributed by atoms with Crippen LogP contribution in [0.1, 0.15) is 0 Å². The molecule has 90 valence electrons. The van der Waals surface area contributed by atoms with Gasteiger partial charge in [-0.25, -0.2) is 0 Å². The molecule has 0 aliphatic carbocycles. The Morgan fingerprint density at radius 1 is 1.29 bits per heavy atom. The van der Waals surface area contributed by atoms with Gasteiger partial charge in [-0.1, -0.05) is 0 Å². The van der Waals surface area contributed by atoms with Crippen LogP contribution in [-0.2, 0) is 17.2 Å². The molecule has 0 amide bonds. The number of hydrogen-bond donors (Lipinski definition) is 0. The molecule has 0 saturated heterocycles. The Hall–Kier alpha value is -1.09. The van der Waals surface area contributed by atoms with Crippen molar-refractivity contribution in [3.63, 3.8) is 0 Å². The molecule has 1 aromatic heterocycles. The van der Waals surface area contributed by atoms with E-state index in [9.17, 15) is 8.42 Å². The van der Waals surface area contributed by atoms with Crippen molar-refractivity contribution >= 4 is 32.7 Å². The van der Waals surface area contributed by atoms with E-state index in [-0.39, 0.29) is 10.6 Å². The molecule has 0 bridgehead atoms. The van der Waals surface area contributed by atoms with Gasteiger partial charge in [0.05, 0.1) is 6.20 Å². The fourth-order valence-corrected chi connectivity index (χ4v) is 2.47. The van der Waals surface area contributed by atoms with Gasteiger partial charge in [0.15, 0.2) is 0 Å². The zero-order chi connectivity index (χ0) is 12.5. The zero-order valence-corrected chi connectivity index (χ0v) is 11.8. The molecule has 0 fully saturated rings. The molecule has 0 saturated carbocycles. The lowest BCUT2D eigenvalue weighted by atomic mass is 10.3. The van der Waals surface area contributed by atoms with Gasteiger partial charge in [-0.15, -0.1) is 0 Å². The molecule has 0 spiro atoms. The molecular formula is C10H9IN2O3S. The highest BCUT2D eigenvalue weighted by atomic mass is 127. The van der Waals surface area contributed by atoms with Crippen LogP contribution < -0.4 is 4.18 Å². The highest BCUT2D eigenvalue weighted by Gasteiger charge is 2.18. The van der Waals surface area contributed by atoms with E-state index in [2.05, 4.69) is 27.7 Å². The quantitative estimate of drug-likeness (QED) is 0.616. The molecule has 1 aromatic carbocycles. The van der Waals surface area contributed by atoms with Gasteiger partial charge in [0.2, 0.25) is 0 Å². The SMILES string of the molecule is Cn1cc(S(=O)(=O)Oc2ccc(I)cc2)cn1. The summed E-state index contributed by atoms with van der Waals surface area (Å²) in [7, 11) is -2.15. The Bertz CT molecular complexity index is 619. The average Bonchev–Trinajstić information content (AvgIpc) is 2.69. The number of rotatable bonds is 3. The normalized spacial score (nSPS) is 11.4. The summed E-state index contributed by atoms with van der Waals surface area (Å²) in [6.07, 6.45) is 2.64. The minimum absolute atomic E-state index is 0.0403. The molecular weight excluding hydrogens is 355 g/mol.